The Hall–Kier alpha value is -3.66. The molecule has 3 aromatic carbocycles. The van der Waals surface area contributed by atoms with Crippen LogP contribution in [-0.4, -0.2) is 18.4 Å². The van der Waals surface area contributed by atoms with Gasteiger partial charge in [0.1, 0.15) is 0 Å². The van der Waals surface area contributed by atoms with Gasteiger partial charge in [0, 0.05) is 18.3 Å². The number of aryl methyl sites for hydroxylation is 1. The fraction of sp³-hybridized carbons (Fsp3) is 0.185. The van der Waals surface area contributed by atoms with E-state index in [1.54, 1.807) is 11.0 Å². The van der Waals surface area contributed by atoms with Crippen molar-refractivity contribution in [3.63, 3.8) is 0 Å². The Bertz CT molecular complexity index is 1040. The van der Waals surface area contributed by atoms with Gasteiger partial charge in [-0.1, -0.05) is 72.3 Å². The summed E-state index contributed by atoms with van der Waals surface area (Å²) in [6.07, 6.45) is 3.76. The van der Waals surface area contributed by atoms with Gasteiger partial charge in [0.2, 0.25) is 5.91 Å². The molecular weight excluding hydrogens is 384 g/mol. The molecule has 4 nitrogen and oxygen atoms in total. The molecule has 2 amide bonds. The zero-order valence-corrected chi connectivity index (χ0v) is 18.0. The van der Waals surface area contributed by atoms with Gasteiger partial charge in [0.15, 0.2) is 0 Å². The number of carbonyl (C=O) groups is 2. The highest BCUT2D eigenvalue weighted by molar-refractivity contribution is 6.03. The maximum atomic E-state index is 13.1. The molecule has 3 rings (SSSR count). The lowest BCUT2D eigenvalue weighted by molar-refractivity contribution is -0.120. The molecule has 31 heavy (non-hydrogen) atoms. The first-order valence-corrected chi connectivity index (χ1v) is 10.5. The Morgan fingerprint density at radius 1 is 0.903 bits per heavy atom. The molecule has 158 valence electrons. The number of hydrogen-bond donors (Lipinski definition) is 1. The summed E-state index contributed by atoms with van der Waals surface area (Å²) in [7, 11) is 0. The molecule has 0 aliphatic rings. The molecule has 0 aliphatic heterocycles. The smallest absolute Gasteiger partial charge is 0.251 e. The number of nitrogens with zero attached hydrogens (tertiary/aromatic N) is 1. The first-order valence-electron chi connectivity index (χ1n) is 10.5. The molecule has 0 atom stereocenters. The van der Waals surface area contributed by atoms with Crippen molar-refractivity contribution in [3.8, 4) is 0 Å². The molecule has 0 heterocycles. The van der Waals surface area contributed by atoms with Gasteiger partial charge in [0.05, 0.1) is 13.0 Å². The van der Waals surface area contributed by atoms with Crippen LogP contribution in [0.4, 0.5) is 5.69 Å². The van der Waals surface area contributed by atoms with Crippen molar-refractivity contribution >= 4 is 23.6 Å². The van der Waals surface area contributed by atoms with E-state index >= 15 is 0 Å². The van der Waals surface area contributed by atoms with Gasteiger partial charge in [-0.25, -0.2) is 0 Å². The van der Waals surface area contributed by atoms with Crippen molar-refractivity contribution in [2.45, 2.75) is 26.8 Å². The standard InChI is InChI=1S/C27H28N2O2/c1-3-28-26(30)19-23-12-15-25(16-13-23)29(20-24-11-7-8-21(2)18-24)27(31)17-14-22-9-5-4-6-10-22/h4-18H,3,19-20H2,1-2H3,(H,28,30)/b17-14+. The fourth-order valence-electron chi connectivity index (χ4n) is 3.35. The van der Waals surface area contributed by atoms with Crippen molar-refractivity contribution in [1.29, 1.82) is 0 Å². The maximum Gasteiger partial charge on any atom is 0.251 e. The Morgan fingerprint density at radius 2 is 1.65 bits per heavy atom. The first-order chi connectivity index (χ1) is 15.0. The third-order valence-electron chi connectivity index (χ3n) is 4.89. The zero-order chi connectivity index (χ0) is 22.1. The van der Waals surface area contributed by atoms with E-state index in [1.807, 2.05) is 92.7 Å². The van der Waals surface area contributed by atoms with E-state index in [0.717, 1.165) is 27.9 Å². The Kier molecular flexibility index (Phi) is 7.77. The highest BCUT2D eigenvalue weighted by atomic mass is 16.2. The van der Waals surface area contributed by atoms with Crippen molar-refractivity contribution in [2.75, 3.05) is 11.4 Å². The molecule has 0 fully saturated rings. The molecule has 1 N–H and O–H groups in total. The van der Waals surface area contributed by atoms with Crippen LogP contribution in [0.2, 0.25) is 0 Å². The molecule has 4 heteroatoms. The summed E-state index contributed by atoms with van der Waals surface area (Å²) in [6.45, 7) is 5.03. The van der Waals surface area contributed by atoms with E-state index < -0.39 is 0 Å². The highest BCUT2D eigenvalue weighted by Crippen LogP contribution is 2.20. The maximum absolute atomic E-state index is 13.1. The molecule has 0 radical (unpaired) electrons. The van der Waals surface area contributed by atoms with Crippen molar-refractivity contribution in [3.05, 3.63) is 107 Å². The summed E-state index contributed by atoms with van der Waals surface area (Å²) >= 11 is 0. The quantitative estimate of drug-likeness (QED) is 0.534. The number of benzene rings is 3. The number of nitrogens with one attached hydrogen (secondary N) is 1. The summed E-state index contributed by atoms with van der Waals surface area (Å²) in [4.78, 5) is 26.7. The van der Waals surface area contributed by atoms with Crippen LogP contribution in [0.3, 0.4) is 0 Å². The monoisotopic (exact) mass is 412 g/mol. The number of hydrogen-bond acceptors (Lipinski definition) is 2. The average molecular weight is 413 g/mol. The van der Waals surface area contributed by atoms with Crippen molar-refractivity contribution < 1.29 is 9.59 Å². The normalized spacial score (nSPS) is 10.8. The number of amides is 2. The molecular formula is C27H28N2O2. The van der Waals surface area contributed by atoms with E-state index in [-0.39, 0.29) is 11.8 Å². The molecule has 0 aromatic heterocycles. The number of rotatable bonds is 8. The lowest BCUT2D eigenvalue weighted by Crippen LogP contribution is -2.29. The van der Waals surface area contributed by atoms with Crippen LogP contribution in [0.15, 0.2) is 84.9 Å². The minimum atomic E-state index is -0.0955. The lowest BCUT2D eigenvalue weighted by atomic mass is 10.1. The van der Waals surface area contributed by atoms with Crippen molar-refractivity contribution in [2.24, 2.45) is 0 Å². The van der Waals surface area contributed by atoms with Gasteiger partial charge in [-0.05, 0) is 48.7 Å². The largest absolute Gasteiger partial charge is 0.356 e. The van der Waals surface area contributed by atoms with Gasteiger partial charge < -0.3 is 10.2 Å². The van der Waals surface area contributed by atoms with Gasteiger partial charge in [-0.3, -0.25) is 9.59 Å². The summed E-state index contributed by atoms with van der Waals surface area (Å²) in [5, 5.41) is 2.81. The van der Waals surface area contributed by atoms with Crippen LogP contribution >= 0.6 is 0 Å². The molecule has 0 bridgehead atoms. The molecule has 0 saturated carbocycles. The Labute approximate surface area is 184 Å². The molecule has 0 spiro atoms. The number of anilines is 1. The Balaban J connectivity index is 1.83. The zero-order valence-electron chi connectivity index (χ0n) is 18.0. The molecule has 3 aromatic rings. The lowest BCUT2D eigenvalue weighted by Gasteiger charge is -2.22. The third-order valence-corrected chi connectivity index (χ3v) is 4.89. The average Bonchev–Trinajstić information content (AvgIpc) is 2.77. The topological polar surface area (TPSA) is 49.4 Å². The second-order valence-electron chi connectivity index (χ2n) is 7.45. The minimum absolute atomic E-state index is 0.00580. The molecule has 0 aliphatic carbocycles. The fourth-order valence-corrected chi connectivity index (χ4v) is 3.35. The summed E-state index contributed by atoms with van der Waals surface area (Å²) in [6, 6.07) is 25.5. The van der Waals surface area contributed by atoms with E-state index in [2.05, 4.69) is 11.4 Å². The second-order valence-corrected chi connectivity index (χ2v) is 7.45. The first kappa shape index (κ1) is 22.0. The van der Waals surface area contributed by atoms with Gasteiger partial charge >= 0.3 is 0 Å². The summed E-state index contributed by atoms with van der Waals surface area (Å²) in [5.41, 5.74) is 4.90. The van der Waals surface area contributed by atoms with Gasteiger partial charge in [-0.2, -0.15) is 0 Å². The minimum Gasteiger partial charge on any atom is -0.356 e. The number of carbonyl (C=O) groups excluding carboxylic acids is 2. The van der Waals surface area contributed by atoms with Crippen LogP contribution in [-0.2, 0) is 22.6 Å². The van der Waals surface area contributed by atoms with Gasteiger partial charge in [-0.15, -0.1) is 0 Å². The highest BCUT2D eigenvalue weighted by Gasteiger charge is 2.15. The van der Waals surface area contributed by atoms with E-state index in [4.69, 9.17) is 0 Å². The van der Waals surface area contributed by atoms with Crippen LogP contribution < -0.4 is 10.2 Å². The summed E-state index contributed by atoms with van der Waals surface area (Å²) < 4.78 is 0. The van der Waals surface area contributed by atoms with E-state index in [1.165, 1.54) is 0 Å². The SMILES string of the molecule is CCNC(=O)Cc1ccc(N(Cc2cccc(C)c2)C(=O)/C=C/c2ccccc2)cc1. The van der Waals surface area contributed by atoms with E-state index in [0.29, 0.717) is 19.5 Å². The van der Waals surface area contributed by atoms with Crippen molar-refractivity contribution in [1.82, 2.24) is 5.32 Å². The second kappa shape index (κ2) is 10.9. The van der Waals surface area contributed by atoms with Crippen LogP contribution in [0.25, 0.3) is 6.08 Å². The third kappa shape index (κ3) is 6.68. The summed E-state index contributed by atoms with van der Waals surface area (Å²) in [5.74, 6) is -0.101. The van der Waals surface area contributed by atoms with Gasteiger partial charge in [0.25, 0.3) is 5.91 Å². The molecule has 0 unspecified atom stereocenters. The molecule has 0 saturated heterocycles. The van der Waals surface area contributed by atoms with E-state index in [9.17, 15) is 9.59 Å². The van der Waals surface area contributed by atoms with Crippen LogP contribution in [0.1, 0.15) is 29.2 Å². The predicted molar refractivity (Wildman–Crippen MR) is 127 cm³/mol. The van der Waals surface area contributed by atoms with Crippen LogP contribution in [0, 0.1) is 6.92 Å². The Morgan fingerprint density at radius 3 is 2.32 bits per heavy atom. The number of likely N-dealkylation sites (N-methyl/N-ethyl adjacent to an activating group) is 1. The predicted octanol–water partition coefficient (Wildman–Crippen LogP) is 4.92. The van der Waals surface area contributed by atoms with Crippen LogP contribution in [0.5, 0.6) is 0 Å².